The van der Waals surface area contributed by atoms with Crippen molar-refractivity contribution < 1.29 is 18.7 Å². The molecule has 4 rings (SSSR count). The predicted octanol–water partition coefficient (Wildman–Crippen LogP) is 4.78. The van der Waals surface area contributed by atoms with Crippen LogP contribution in [0.1, 0.15) is 41.4 Å². The van der Waals surface area contributed by atoms with E-state index in [4.69, 9.17) is 13.9 Å². The summed E-state index contributed by atoms with van der Waals surface area (Å²) in [6.07, 6.45) is 3.04. The van der Waals surface area contributed by atoms with Crippen molar-refractivity contribution in [1.82, 2.24) is 0 Å². The van der Waals surface area contributed by atoms with Crippen LogP contribution in [0.3, 0.4) is 0 Å². The van der Waals surface area contributed by atoms with Crippen molar-refractivity contribution in [2.24, 2.45) is 0 Å². The van der Waals surface area contributed by atoms with E-state index in [1.165, 1.54) is 0 Å². The van der Waals surface area contributed by atoms with E-state index >= 15 is 0 Å². The fourth-order valence-corrected chi connectivity index (χ4v) is 3.06. The van der Waals surface area contributed by atoms with Gasteiger partial charge < -0.3 is 13.9 Å². The number of fused-ring (bicyclic) bond motifs is 1. The number of ether oxygens (including phenoxy) is 2. The molecule has 1 unspecified atom stereocenters. The second kappa shape index (κ2) is 7.34. The molecule has 1 aliphatic rings. The van der Waals surface area contributed by atoms with Gasteiger partial charge in [-0.3, -0.25) is 4.79 Å². The van der Waals surface area contributed by atoms with E-state index in [-0.39, 0.29) is 11.9 Å². The summed E-state index contributed by atoms with van der Waals surface area (Å²) in [5.41, 5.74) is 2.10. The third-order valence-electron chi connectivity index (χ3n) is 4.61. The number of aryl methyl sites for hydroxylation is 1. The number of benzene rings is 2. The summed E-state index contributed by atoms with van der Waals surface area (Å²) >= 11 is 0. The minimum absolute atomic E-state index is 0.00173. The Kier molecular flexibility index (Phi) is 4.76. The first kappa shape index (κ1) is 16.9. The van der Waals surface area contributed by atoms with Crippen LogP contribution in [0.4, 0.5) is 0 Å². The van der Waals surface area contributed by atoms with Crippen molar-refractivity contribution in [2.75, 3.05) is 13.2 Å². The monoisotopic (exact) mass is 350 g/mol. The van der Waals surface area contributed by atoms with E-state index in [0.717, 1.165) is 48.3 Å². The Balaban J connectivity index is 1.61. The molecule has 0 radical (unpaired) electrons. The minimum atomic E-state index is -0.00173. The number of unbranched alkanes of at least 4 members (excludes halogenated alkanes) is 1. The number of hydrogen-bond acceptors (Lipinski definition) is 4. The Hall–Kier alpha value is -2.59. The number of carbonyl (C=O) groups excluding carboxylic acids is 1. The van der Waals surface area contributed by atoms with Gasteiger partial charge in [-0.05, 0) is 36.8 Å². The molecule has 0 N–H and O–H groups in total. The highest BCUT2D eigenvalue weighted by atomic mass is 16.6. The van der Waals surface area contributed by atoms with Gasteiger partial charge in [0, 0.05) is 17.4 Å². The molecule has 0 aliphatic carbocycles. The van der Waals surface area contributed by atoms with Gasteiger partial charge in [-0.25, -0.2) is 0 Å². The highest BCUT2D eigenvalue weighted by molar-refractivity contribution is 6.16. The van der Waals surface area contributed by atoms with Gasteiger partial charge in [0.2, 0.25) is 0 Å². The zero-order valence-corrected chi connectivity index (χ0v) is 14.9. The van der Waals surface area contributed by atoms with Gasteiger partial charge in [0.25, 0.3) is 0 Å². The first-order valence-electron chi connectivity index (χ1n) is 9.16. The molecule has 26 heavy (non-hydrogen) atoms. The van der Waals surface area contributed by atoms with Crippen LogP contribution in [0.5, 0.6) is 5.75 Å². The van der Waals surface area contributed by atoms with Crippen LogP contribution in [-0.4, -0.2) is 25.1 Å². The van der Waals surface area contributed by atoms with Crippen LogP contribution in [0.25, 0.3) is 11.0 Å². The van der Waals surface area contributed by atoms with E-state index < -0.39 is 0 Å². The number of hydrogen-bond donors (Lipinski definition) is 0. The van der Waals surface area contributed by atoms with Gasteiger partial charge in [0.1, 0.15) is 29.8 Å². The number of epoxide rings is 1. The molecule has 3 aromatic rings. The van der Waals surface area contributed by atoms with Crippen molar-refractivity contribution in [2.45, 2.75) is 32.3 Å². The molecule has 4 nitrogen and oxygen atoms in total. The number of furan rings is 1. The van der Waals surface area contributed by atoms with Crippen LogP contribution in [0.15, 0.2) is 52.9 Å². The summed E-state index contributed by atoms with van der Waals surface area (Å²) < 4.78 is 16.8. The van der Waals surface area contributed by atoms with E-state index in [0.29, 0.717) is 17.7 Å². The molecule has 4 heteroatoms. The lowest BCUT2D eigenvalue weighted by Crippen LogP contribution is -2.06. The second-order valence-electron chi connectivity index (χ2n) is 6.62. The first-order valence-corrected chi connectivity index (χ1v) is 9.16. The number of rotatable bonds is 8. The largest absolute Gasteiger partial charge is 0.491 e. The highest BCUT2D eigenvalue weighted by Crippen LogP contribution is 2.29. The van der Waals surface area contributed by atoms with Gasteiger partial charge in [0.15, 0.2) is 5.78 Å². The normalized spacial score (nSPS) is 16.0. The lowest BCUT2D eigenvalue weighted by Gasteiger charge is -2.06. The Morgan fingerprint density at radius 3 is 2.65 bits per heavy atom. The maximum atomic E-state index is 13.2. The fourth-order valence-electron chi connectivity index (χ4n) is 3.06. The van der Waals surface area contributed by atoms with Gasteiger partial charge in [-0.15, -0.1) is 0 Å². The van der Waals surface area contributed by atoms with Gasteiger partial charge in [-0.1, -0.05) is 31.5 Å². The molecule has 0 amide bonds. The zero-order chi connectivity index (χ0) is 17.9. The predicted molar refractivity (Wildman–Crippen MR) is 99.9 cm³/mol. The average Bonchev–Trinajstić information content (AvgIpc) is 3.43. The summed E-state index contributed by atoms with van der Waals surface area (Å²) in [4.78, 5) is 13.2. The molecule has 2 aromatic carbocycles. The summed E-state index contributed by atoms with van der Waals surface area (Å²) in [5, 5.41) is 0.884. The molecule has 1 atom stereocenters. The van der Waals surface area contributed by atoms with E-state index in [9.17, 15) is 4.79 Å². The van der Waals surface area contributed by atoms with Crippen LogP contribution < -0.4 is 4.74 Å². The van der Waals surface area contributed by atoms with Crippen molar-refractivity contribution in [3.8, 4) is 5.75 Å². The molecular weight excluding hydrogens is 328 g/mol. The molecule has 1 saturated heterocycles. The second-order valence-corrected chi connectivity index (χ2v) is 6.62. The van der Waals surface area contributed by atoms with Gasteiger partial charge in [-0.2, -0.15) is 0 Å². The first-order chi connectivity index (χ1) is 12.8. The highest BCUT2D eigenvalue weighted by Gasteiger charge is 2.24. The van der Waals surface area contributed by atoms with E-state index in [2.05, 4.69) is 6.92 Å². The Morgan fingerprint density at radius 2 is 1.92 bits per heavy atom. The molecule has 0 bridgehead atoms. The Bertz CT molecular complexity index is 904. The number of para-hydroxylation sites is 1. The molecule has 1 aliphatic heterocycles. The lowest BCUT2D eigenvalue weighted by molar-refractivity contribution is 0.103. The van der Waals surface area contributed by atoms with Crippen LogP contribution in [-0.2, 0) is 11.2 Å². The fraction of sp³-hybridized carbons (Fsp3) is 0.318. The van der Waals surface area contributed by atoms with Crippen molar-refractivity contribution in [3.05, 3.63) is 65.4 Å². The minimum Gasteiger partial charge on any atom is -0.491 e. The third-order valence-corrected chi connectivity index (χ3v) is 4.61. The molecule has 1 fully saturated rings. The SMILES string of the molecule is CCCCc1oc2ccccc2c1C(=O)c1ccc(OCC2CO2)cc1. The summed E-state index contributed by atoms with van der Waals surface area (Å²) in [6.45, 7) is 3.46. The quantitative estimate of drug-likeness (QED) is 0.433. The number of ketones is 1. The van der Waals surface area contributed by atoms with Gasteiger partial charge in [0.05, 0.1) is 12.2 Å². The van der Waals surface area contributed by atoms with Crippen molar-refractivity contribution >= 4 is 16.8 Å². The lowest BCUT2D eigenvalue weighted by atomic mass is 9.98. The Labute approximate surface area is 152 Å². The molecule has 0 spiro atoms. The topological polar surface area (TPSA) is 52.0 Å². The molecule has 134 valence electrons. The summed E-state index contributed by atoms with van der Waals surface area (Å²) in [6, 6.07) is 15.0. The van der Waals surface area contributed by atoms with E-state index in [1.807, 2.05) is 48.5 Å². The zero-order valence-electron chi connectivity index (χ0n) is 14.9. The standard InChI is InChI=1S/C22H22O4/c1-2-3-7-20-21(18-6-4-5-8-19(18)26-20)22(23)15-9-11-16(12-10-15)24-13-17-14-25-17/h4-6,8-12,17H,2-3,7,13-14H2,1H3. The Morgan fingerprint density at radius 1 is 1.15 bits per heavy atom. The summed E-state index contributed by atoms with van der Waals surface area (Å²) in [5.74, 6) is 1.53. The maximum Gasteiger partial charge on any atom is 0.197 e. The van der Waals surface area contributed by atoms with Crippen LogP contribution >= 0.6 is 0 Å². The molecular formula is C22H22O4. The van der Waals surface area contributed by atoms with Crippen LogP contribution in [0, 0.1) is 0 Å². The summed E-state index contributed by atoms with van der Waals surface area (Å²) in [7, 11) is 0. The van der Waals surface area contributed by atoms with Crippen LogP contribution in [0.2, 0.25) is 0 Å². The molecule has 2 heterocycles. The molecule has 1 aromatic heterocycles. The van der Waals surface area contributed by atoms with Crippen molar-refractivity contribution in [1.29, 1.82) is 0 Å². The third kappa shape index (κ3) is 3.51. The molecule has 0 saturated carbocycles. The smallest absolute Gasteiger partial charge is 0.197 e. The average molecular weight is 350 g/mol. The van der Waals surface area contributed by atoms with E-state index in [1.54, 1.807) is 0 Å². The number of carbonyl (C=O) groups is 1. The van der Waals surface area contributed by atoms with Gasteiger partial charge >= 0.3 is 0 Å². The maximum absolute atomic E-state index is 13.2. The van der Waals surface area contributed by atoms with Crippen molar-refractivity contribution in [3.63, 3.8) is 0 Å².